The van der Waals surface area contributed by atoms with Crippen molar-refractivity contribution in [2.24, 2.45) is 5.84 Å². The zero-order valence-corrected chi connectivity index (χ0v) is 13.8. The summed E-state index contributed by atoms with van der Waals surface area (Å²) in [7, 11) is 0. The minimum atomic E-state index is -0.360. The molecule has 3 N–H and O–H groups in total. The summed E-state index contributed by atoms with van der Waals surface area (Å²) in [4.78, 5) is 0. The van der Waals surface area contributed by atoms with Crippen molar-refractivity contribution < 1.29 is 4.39 Å². The van der Waals surface area contributed by atoms with E-state index in [1.165, 1.54) is 44.6 Å². The predicted molar refractivity (Wildman–Crippen MR) is 88.8 cm³/mol. The highest BCUT2D eigenvalue weighted by Crippen LogP contribution is 2.22. The molecule has 1 aromatic rings. The zero-order chi connectivity index (χ0) is 15.5. The maximum atomic E-state index is 13.4. The number of unbranched alkanes of at least 4 members (excludes halogenated alkanes) is 6. The molecular weight excluding hydrogens is 287 g/mol. The van der Waals surface area contributed by atoms with Gasteiger partial charge in [0.15, 0.2) is 0 Å². The van der Waals surface area contributed by atoms with E-state index in [1.807, 2.05) is 6.07 Å². The normalized spacial score (nSPS) is 12.6. The first-order valence-electron chi connectivity index (χ1n) is 8.08. The number of hydrogen-bond acceptors (Lipinski definition) is 2. The van der Waals surface area contributed by atoms with Crippen molar-refractivity contribution in [3.8, 4) is 0 Å². The Bertz CT molecular complexity index is 398. The number of rotatable bonds is 11. The van der Waals surface area contributed by atoms with Crippen LogP contribution in [0, 0.1) is 5.82 Å². The molecule has 1 rings (SSSR count). The topological polar surface area (TPSA) is 38.0 Å². The van der Waals surface area contributed by atoms with E-state index in [4.69, 9.17) is 17.4 Å². The molecule has 0 saturated heterocycles. The number of benzene rings is 1. The number of nitrogens with two attached hydrogens (primary N) is 1. The van der Waals surface area contributed by atoms with Gasteiger partial charge in [0.25, 0.3) is 0 Å². The third kappa shape index (κ3) is 7.25. The monoisotopic (exact) mass is 314 g/mol. The van der Waals surface area contributed by atoms with Gasteiger partial charge in [-0.05, 0) is 24.5 Å². The van der Waals surface area contributed by atoms with Crippen LogP contribution in [-0.4, -0.2) is 6.04 Å². The standard InChI is InChI=1S/C17H28ClFN2/c1-2-3-4-5-6-7-8-11-15(21-20)13-14-10-9-12-16(19)17(14)18/h9-10,12,15,21H,2-8,11,13,20H2,1H3. The third-order valence-corrected chi connectivity index (χ3v) is 4.31. The molecule has 21 heavy (non-hydrogen) atoms. The van der Waals surface area contributed by atoms with Gasteiger partial charge in [-0.3, -0.25) is 11.3 Å². The van der Waals surface area contributed by atoms with Crippen LogP contribution in [0.4, 0.5) is 4.39 Å². The molecule has 4 heteroatoms. The van der Waals surface area contributed by atoms with Gasteiger partial charge in [0.2, 0.25) is 0 Å². The second kappa shape index (κ2) is 11.0. The van der Waals surface area contributed by atoms with Crippen molar-refractivity contribution in [2.45, 2.75) is 70.8 Å². The number of nitrogens with one attached hydrogen (secondary N) is 1. The molecular formula is C17H28ClFN2. The lowest BCUT2D eigenvalue weighted by Crippen LogP contribution is -2.36. The molecule has 1 atom stereocenters. The Morgan fingerprint density at radius 3 is 2.48 bits per heavy atom. The SMILES string of the molecule is CCCCCCCCCC(Cc1cccc(F)c1Cl)NN. The molecule has 0 radical (unpaired) electrons. The van der Waals surface area contributed by atoms with Crippen LogP contribution in [0.3, 0.4) is 0 Å². The Labute approximate surface area is 133 Å². The smallest absolute Gasteiger partial charge is 0.142 e. The van der Waals surface area contributed by atoms with E-state index in [0.29, 0.717) is 6.42 Å². The van der Waals surface area contributed by atoms with Gasteiger partial charge in [-0.1, -0.05) is 75.6 Å². The highest BCUT2D eigenvalue weighted by atomic mass is 35.5. The molecule has 0 heterocycles. The molecule has 1 unspecified atom stereocenters. The Morgan fingerprint density at radius 2 is 1.81 bits per heavy atom. The van der Waals surface area contributed by atoms with E-state index in [1.54, 1.807) is 6.07 Å². The van der Waals surface area contributed by atoms with Crippen LogP contribution in [0.15, 0.2) is 18.2 Å². The molecule has 0 spiro atoms. The van der Waals surface area contributed by atoms with Crippen molar-refractivity contribution in [3.05, 3.63) is 34.6 Å². The van der Waals surface area contributed by atoms with Gasteiger partial charge in [0, 0.05) is 6.04 Å². The van der Waals surface area contributed by atoms with Crippen LogP contribution in [0.2, 0.25) is 5.02 Å². The fourth-order valence-corrected chi connectivity index (χ4v) is 2.77. The summed E-state index contributed by atoms with van der Waals surface area (Å²) in [6, 6.07) is 5.09. The van der Waals surface area contributed by atoms with Gasteiger partial charge in [-0.25, -0.2) is 4.39 Å². The van der Waals surface area contributed by atoms with E-state index in [0.717, 1.165) is 18.4 Å². The Hall–Kier alpha value is -0.640. The highest BCUT2D eigenvalue weighted by Gasteiger charge is 2.12. The molecule has 0 aliphatic carbocycles. The van der Waals surface area contributed by atoms with Gasteiger partial charge in [0.1, 0.15) is 5.82 Å². The summed E-state index contributed by atoms with van der Waals surface area (Å²) in [5, 5.41) is 0.220. The highest BCUT2D eigenvalue weighted by molar-refractivity contribution is 6.31. The van der Waals surface area contributed by atoms with Gasteiger partial charge in [-0.2, -0.15) is 0 Å². The van der Waals surface area contributed by atoms with Crippen LogP contribution in [0.25, 0.3) is 0 Å². The van der Waals surface area contributed by atoms with Gasteiger partial charge < -0.3 is 0 Å². The van der Waals surface area contributed by atoms with Crippen molar-refractivity contribution >= 4 is 11.6 Å². The van der Waals surface area contributed by atoms with Crippen LogP contribution in [-0.2, 0) is 6.42 Å². The van der Waals surface area contributed by atoms with E-state index >= 15 is 0 Å². The molecule has 0 saturated carbocycles. The Balaban J connectivity index is 2.27. The van der Waals surface area contributed by atoms with E-state index in [-0.39, 0.29) is 16.9 Å². The molecule has 2 nitrogen and oxygen atoms in total. The minimum Gasteiger partial charge on any atom is -0.271 e. The number of hydrazine groups is 1. The maximum absolute atomic E-state index is 13.4. The first kappa shape index (κ1) is 18.4. The fraction of sp³-hybridized carbons (Fsp3) is 0.647. The summed E-state index contributed by atoms with van der Waals surface area (Å²) < 4.78 is 13.4. The van der Waals surface area contributed by atoms with Crippen LogP contribution >= 0.6 is 11.6 Å². The van der Waals surface area contributed by atoms with Crippen molar-refractivity contribution in [3.63, 3.8) is 0 Å². The summed E-state index contributed by atoms with van der Waals surface area (Å²) in [6.07, 6.45) is 10.6. The lowest BCUT2D eigenvalue weighted by Gasteiger charge is -2.16. The van der Waals surface area contributed by atoms with Crippen LogP contribution in [0.1, 0.15) is 63.9 Å². The lowest BCUT2D eigenvalue weighted by atomic mass is 10.00. The Kier molecular flexibility index (Phi) is 9.64. The first-order chi connectivity index (χ1) is 10.2. The third-order valence-electron chi connectivity index (χ3n) is 3.89. The molecule has 0 bridgehead atoms. The summed E-state index contributed by atoms with van der Waals surface area (Å²) in [5.74, 6) is 5.24. The number of hydrogen-bond donors (Lipinski definition) is 2. The summed E-state index contributed by atoms with van der Waals surface area (Å²) >= 11 is 5.98. The van der Waals surface area contributed by atoms with Crippen LogP contribution in [0.5, 0.6) is 0 Å². The maximum Gasteiger partial charge on any atom is 0.142 e. The number of halogens is 2. The fourth-order valence-electron chi connectivity index (χ4n) is 2.56. The zero-order valence-electron chi connectivity index (χ0n) is 13.0. The average molecular weight is 315 g/mol. The second-order valence-corrected chi connectivity index (χ2v) is 6.07. The molecule has 1 aromatic carbocycles. The van der Waals surface area contributed by atoms with Gasteiger partial charge in [0.05, 0.1) is 5.02 Å². The van der Waals surface area contributed by atoms with Gasteiger partial charge >= 0.3 is 0 Å². The lowest BCUT2D eigenvalue weighted by molar-refractivity contribution is 0.458. The average Bonchev–Trinajstić information content (AvgIpc) is 2.49. The van der Waals surface area contributed by atoms with Crippen molar-refractivity contribution in [2.75, 3.05) is 0 Å². The molecule has 0 amide bonds. The van der Waals surface area contributed by atoms with E-state index in [2.05, 4.69) is 12.3 Å². The summed E-state index contributed by atoms with van der Waals surface area (Å²) in [5.41, 5.74) is 3.65. The first-order valence-corrected chi connectivity index (χ1v) is 8.45. The molecule has 0 aliphatic heterocycles. The van der Waals surface area contributed by atoms with Gasteiger partial charge in [-0.15, -0.1) is 0 Å². The van der Waals surface area contributed by atoms with Crippen molar-refractivity contribution in [1.29, 1.82) is 0 Å². The quantitative estimate of drug-likeness (QED) is 0.343. The van der Waals surface area contributed by atoms with Crippen LogP contribution < -0.4 is 11.3 Å². The largest absolute Gasteiger partial charge is 0.271 e. The van der Waals surface area contributed by atoms with E-state index < -0.39 is 0 Å². The molecule has 120 valence electrons. The minimum absolute atomic E-state index is 0.153. The molecule has 0 aromatic heterocycles. The second-order valence-electron chi connectivity index (χ2n) is 5.69. The van der Waals surface area contributed by atoms with Crippen molar-refractivity contribution in [1.82, 2.24) is 5.43 Å². The molecule has 0 aliphatic rings. The predicted octanol–water partition coefficient (Wildman–Crippen LogP) is 4.99. The molecule has 0 fully saturated rings. The Morgan fingerprint density at radius 1 is 1.14 bits per heavy atom. The summed E-state index contributed by atoms with van der Waals surface area (Å²) in [6.45, 7) is 2.23. The van der Waals surface area contributed by atoms with E-state index in [9.17, 15) is 4.39 Å².